The van der Waals surface area contributed by atoms with Crippen molar-refractivity contribution >= 4 is 27.5 Å². The molecular weight excluding hydrogens is 340 g/mol. The summed E-state index contributed by atoms with van der Waals surface area (Å²) in [6.07, 6.45) is 0. The standard InChI is InChI=1S/C15H14BrClN2O/c1-9(6-17)19-7-13-14(8-19)20-15(18-13)11-4-3-5-12(16)10(11)2/h3-5H,1,6-8H2,2H3. The molecule has 1 aliphatic heterocycles. The van der Waals surface area contributed by atoms with Gasteiger partial charge in [0.15, 0.2) is 0 Å². The van der Waals surface area contributed by atoms with Crippen LogP contribution in [0, 0.1) is 6.92 Å². The molecular formula is C15H14BrClN2O. The van der Waals surface area contributed by atoms with E-state index in [9.17, 15) is 0 Å². The summed E-state index contributed by atoms with van der Waals surface area (Å²) in [5, 5.41) is 0. The van der Waals surface area contributed by atoms with Gasteiger partial charge < -0.3 is 9.32 Å². The highest BCUT2D eigenvalue weighted by Crippen LogP contribution is 2.33. The lowest BCUT2D eigenvalue weighted by Gasteiger charge is -2.17. The maximum atomic E-state index is 5.92. The molecule has 0 aliphatic carbocycles. The van der Waals surface area contributed by atoms with Gasteiger partial charge in [-0.25, -0.2) is 4.98 Å². The van der Waals surface area contributed by atoms with Gasteiger partial charge in [-0.2, -0.15) is 0 Å². The summed E-state index contributed by atoms with van der Waals surface area (Å²) in [6, 6.07) is 6.03. The number of rotatable bonds is 3. The minimum absolute atomic E-state index is 0.432. The highest BCUT2D eigenvalue weighted by molar-refractivity contribution is 9.10. The Morgan fingerprint density at radius 2 is 2.30 bits per heavy atom. The van der Waals surface area contributed by atoms with E-state index in [1.807, 2.05) is 18.2 Å². The second-order valence-electron chi connectivity index (χ2n) is 4.86. The summed E-state index contributed by atoms with van der Waals surface area (Å²) in [6.45, 7) is 7.41. The van der Waals surface area contributed by atoms with E-state index in [4.69, 9.17) is 16.0 Å². The van der Waals surface area contributed by atoms with Crippen molar-refractivity contribution in [2.75, 3.05) is 5.88 Å². The summed E-state index contributed by atoms with van der Waals surface area (Å²) in [4.78, 5) is 6.71. The summed E-state index contributed by atoms with van der Waals surface area (Å²) in [5.74, 6) is 2.03. The fourth-order valence-corrected chi connectivity index (χ4v) is 2.84. The quantitative estimate of drug-likeness (QED) is 0.762. The topological polar surface area (TPSA) is 29.3 Å². The Labute approximate surface area is 131 Å². The van der Waals surface area contributed by atoms with Gasteiger partial charge >= 0.3 is 0 Å². The van der Waals surface area contributed by atoms with E-state index in [0.29, 0.717) is 18.3 Å². The third-order valence-corrected chi connectivity index (χ3v) is 4.72. The fraction of sp³-hybridized carbons (Fsp3) is 0.267. The molecule has 2 aromatic rings. The van der Waals surface area contributed by atoms with Gasteiger partial charge in [-0.05, 0) is 24.6 Å². The van der Waals surface area contributed by atoms with Crippen molar-refractivity contribution in [3.8, 4) is 11.5 Å². The van der Waals surface area contributed by atoms with Crippen molar-refractivity contribution in [2.45, 2.75) is 20.0 Å². The van der Waals surface area contributed by atoms with E-state index in [2.05, 4.69) is 39.3 Å². The number of oxazole rings is 1. The maximum Gasteiger partial charge on any atom is 0.226 e. The highest BCUT2D eigenvalue weighted by atomic mass is 79.9. The van der Waals surface area contributed by atoms with Gasteiger partial charge in [0.05, 0.1) is 19.0 Å². The van der Waals surface area contributed by atoms with Crippen LogP contribution < -0.4 is 0 Å². The minimum Gasteiger partial charge on any atom is -0.439 e. The number of allylic oxidation sites excluding steroid dienone is 1. The number of hydrogen-bond acceptors (Lipinski definition) is 3. The fourth-order valence-electron chi connectivity index (χ4n) is 2.30. The molecule has 1 aromatic carbocycles. The molecule has 0 radical (unpaired) electrons. The van der Waals surface area contributed by atoms with E-state index in [0.717, 1.165) is 39.3 Å². The molecule has 0 bridgehead atoms. The van der Waals surface area contributed by atoms with Gasteiger partial charge in [0, 0.05) is 15.7 Å². The number of nitrogens with zero attached hydrogens (tertiary/aromatic N) is 2. The molecule has 3 nitrogen and oxygen atoms in total. The zero-order chi connectivity index (χ0) is 14.3. The molecule has 0 unspecified atom stereocenters. The molecule has 0 saturated heterocycles. The zero-order valence-corrected chi connectivity index (χ0v) is 13.5. The second kappa shape index (κ2) is 5.26. The molecule has 0 saturated carbocycles. The van der Waals surface area contributed by atoms with Crippen LogP contribution >= 0.6 is 27.5 Å². The lowest BCUT2D eigenvalue weighted by atomic mass is 10.1. The summed E-state index contributed by atoms with van der Waals surface area (Å²) in [5.41, 5.74) is 4.04. The molecule has 2 heterocycles. The van der Waals surface area contributed by atoms with Crippen LogP contribution in [-0.4, -0.2) is 15.8 Å². The van der Waals surface area contributed by atoms with Crippen molar-refractivity contribution in [1.29, 1.82) is 0 Å². The van der Waals surface area contributed by atoms with Crippen molar-refractivity contribution in [3.05, 3.63) is 52.0 Å². The molecule has 3 rings (SSSR count). The Balaban J connectivity index is 1.91. The molecule has 1 aromatic heterocycles. The SMILES string of the molecule is C=C(CCl)N1Cc2nc(-c3cccc(Br)c3C)oc2C1. The number of fused-ring (bicyclic) bond motifs is 1. The molecule has 104 valence electrons. The summed E-state index contributed by atoms with van der Waals surface area (Å²) in [7, 11) is 0. The number of aromatic nitrogens is 1. The normalized spacial score (nSPS) is 13.7. The van der Waals surface area contributed by atoms with Crippen LogP contribution in [-0.2, 0) is 13.1 Å². The van der Waals surface area contributed by atoms with E-state index in [1.54, 1.807) is 0 Å². The lowest BCUT2D eigenvalue weighted by molar-refractivity contribution is 0.337. The third-order valence-electron chi connectivity index (χ3n) is 3.55. The predicted molar refractivity (Wildman–Crippen MR) is 83.5 cm³/mol. The predicted octanol–water partition coefficient (Wildman–Crippen LogP) is 4.48. The molecule has 5 heteroatoms. The van der Waals surface area contributed by atoms with E-state index in [-0.39, 0.29) is 0 Å². The van der Waals surface area contributed by atoms with E-state index < -0.39 is 0 Å². The monoisotopic (exact) mass is 352 g/mol. The van der Waals surface area contributed by atoms with Crippen LogP contribution in [0.5, 0.6) is 0 Å². The first kappa shape index (κ1) is 13.7. The highest BCUT2D eigenvalue weighted by Gasteiger charge is 2.26. The first-order valence-electron chi connectivity index (χ1n) is 6.33. The first-order valence-corrected chi connectivity index (χ1v) is 7.65. The zero-order valence-electron chi connectivity index (χ0n) is 11.1. The Morgan fingerprint density at radius 1 is 1.50 bits per heavy atom. The molecule has 0 fully saturated rings. The van der Waals surface area contributed by atoms with Crippen molar-refractivity contribution in [3.63, 3.8) is 0 Å². The number of benzene rings is 1. The van der Waals surface area contributed by atoms with E-state index in [1.165, 1.54) is 0 Å². The minimum atomic E-state index is 0.432. The molecule has 1 aliphatic rings. The Morgan fingerprint density at radius 3 is 3.00 bits per heavy atom. The molecule has 0 atom stereocenters. The molecule has 0 spiro atoms. The van der Waals surface area contributed by atoms with Crippen LogP contribution in [0.25, 0.3) is 11.5 Å². The second-order valence-corrected chi connectivity index (χ2v) is 5.98. The average molecular weight is 354 g/mol. The maximum absolute atomic E-state index is 5.92. The lowest BCUT2D eigenvalue weighted by Crippen LogP contribution is -2.16. The number of halogens is 2. The summed E-state index contributed by atoms with van der Waals surface area (Å²) < 4.78 is 6.98. The van der Waals surface area contributed by atoms with Crippen molar-refractivity contribution in [2.24, 2.45) is 0 Å². The Hall–Kier alpha value is -1.26. The first-order chi connectivity index (χ1) is 9.60. The van der Waals surface area contributed by atoms with Gasteiger partial charge in [-0.15, -0.1) is 11.6 Å². The van der Waals surface area contributed by atoms with Crippen LogP contribution in [0.2, 0.25) is 0 Å². The van der Waals surface area contributed by atoms with Crippen LogP contribution in [0.1, 0.15) is 17.0 Å². The van der Waals surface area contributed by atoms with Crippen LogP contribution in [0.3, 0.4) is 0 Å². The van der Waals surface area contributed by atoms with Gasteiger partial charge in [0.2, 0.25) is 5.89 Å². The van der Waals surface area contributed by atoms with Crippen molar-refractivity contribution in [1.82, 2.24) is 9.88 Å². The molecule has 0 amide bonds. The average Bonchev–Trinajstić information content (AvgIpc) is 2.99. The number of alkyl halides is 1. The van der Waals surface area contributed by atoms with E-state index >= 15 is 0 Å². The van der Waals surface area contributed by atoms with Gasteiger partial charge in [0.25, 0.3) is 0 Å². The number of hydrogen-bond donors (Lipinski definition) is 0. The smallest absolute Gasteiger partial charge is 0.226 e. The van der Waals surface area contributed by atoms with Gasteiger partial charge in [0.1, 0.15) is 11.5 Å². The molecule has 20 heavy (non-hydrogen) atoms. The van der Waals surface area contributed by atoms with Crippen LogP contribution in [0.15, 0.2) is 39.4 Å². The Kier molecular flexibility index (Phi) is 3.61. The molecule has 0 N–H and O–H groups in total. The third kappa shape index (κ3) is 2.27. The van der Waals surface area contributed by atoms with Gasteiger partial charge in [-0.3, -0.25) is 0 Å². The van der Waals surface area contributed by atoms with Crippen molar-refractivity contribution < 1.29 is 4.42 Å². The Bertz CT molecular complexity index is 657. The van der Waals surface area contributed by atoms with Gasteiger partial charge in [-0.1, -0.05) is 28.6 Å². The summed E-state index contributed by atoms with van der Waals surface area (Å²) >= 11 is 9.34. The van der Waals surface area contributed by atoms with Crippen LogP contribution in [0.4, 0.5) is 0 Å². The largest absolute Gasteiger partial charge is 0.439 e.